The van der Waals surface area contributed by atoms with Crippen molar-refractivity contribution in [1.29, 1.82) is 5.26 Å². The molecule has 1 saturated carbocycles. The SMILES string of the molecule is CCCCOCc1cn(-c2ccc(C[C@@H](C#N)NC(=O)[C@H]3N[C@@H]4CC[C@H]3C4)c(F)c2)nn1. The molecule has 8 nitrogen and oxygen atoms in total. The van der Waals surface area contributed by atoms with Gasteiger partial charge in [0.1, 0.15) is 17.6 Å². The molecule has 2 heterocycles. The Kier molecular flexibility index (Phi) is 7.12. The van der Waals surface area contributed by atoms with Crippen LogP contribution < -0.4 is 10.6 Å². The predicted octanol–water partition coefficient (Wildman–Crippen LogP) is 2.41. The minimum Gasteiger partial charge on any atom is -0.375 e. The van der Waals surface area contributed by atoms with Gasteiger partial charge in [0, 0.05) is 19.1 Å². The highest BCUT2D eigenvalue weighted by Gasteiger charge is 2.43. The van der Waals surface area contributed by atoms with E-state index in [1.807, 2.05) is 0 Å². The smallest absolute Gasteiger partial charge is 0.238 e. The van der Waals surface area contributed by atoms with Gasteiger partial charge in [0.2, 0.25) is 5.91 Å². The third-order valence-corrected chi connectivity index (χ3v) is 6.27. The number of rotatable bonds is 10. The summed E-state index contributed by atoms with van der Waals surface area (Å²) in [4.78, 5) is 12.6. The zero-order chi connectivity index (χ0) is 22.5. The second kappa shape index (κ2) is 10.2. The zero-order valence-electron chi connectivity index (χ0n) is 18.3. The van der Waals surface area contributed by atoms with Crippen molar-refractivity contribution < 1.29 is 13.9 Å². The number of benzene rings is 1. The lowest BCUT2D eigenvalue weighted by Gasteiger charge is -2.23. The van der Waals surface area contributed by atoms with Crippen LogP contribution in [0.2, 0.25) is 0 Å². The molecule has 1 aliphatic carbocycles. The number of hydrogen-bond donors (Lipinski definition) is 2. The van der Waals surface area contributed by atoms with Crippen molar-refractivity contribution in [2.45, 2.75) is 70.2 Å². The number of amides is 1. The van der Waals surface area contributed by atoms with Gasteiger partial charge in [-0.2, -0.15) is 5.26 Å². The van der Waals surface area contributed by atoms with Crippen LogP contribution in [-0.2, 0) is 22.6 Å². The number of nitrogens with one attached hydrogen (secondary N) is 2. The number of fused-ring (bicyclic) bond motifs is 2. The summed E-state index contributed by atoms with van der Waals surface area (Å²) in [5, 5.41) is 23.7. The number of halogens is 1. The van der Waals surface area contributed by atoms with Crippen LogP contribution in [-0.4, -0.2) is 45.6 Å². The minimum atomic E-state index is -0.790. The molecule has 170 valence electrons. The Labute approximate surface area is 187 Å². The van der Waals surface area contributed by atoms with Gasteiger partial charge in [0.25, 0.3) is 0 Å². The summed E-state index contributed by atoms with van der Waals surface area (Å²) in [6.07, 6.45) is 7.02. The Bertz CT molecular complexity index is 987. The monoisotopic (exact) mass is 440 g/mol. The van der Waals surface area contributed by atoms with E-state index in [0.29, 0.717) is 42.1 Å². The number of piperidine rings is 1. The topological polar surface area (TPSA) is 105 Å². The van der Waals surface area contributed by atoms with E-state index in [-0.39, 0.29) is 18.4 Å². The molecule has 1 aromatic carbocycles. The van der Waals surface area contributed by atoms with Crippen LogP contribution in [0.3, 0.4) is 0 Å². The molecule has 0 radical (unpaired) electrons. The molecule has 9 heteroatoms. The summed E-state index contributed by atoms with van der Waals surface area (Å²) < 4.78 is 21.8. The largest absolute Gasteiger partial charge is 0.375 e. The molecule has 2 N–H and O–H groups in total. The van der Waals surface area contributed by atoms with E-state index in [4.69, 9.17) is 4.74 Å². The van der Waals surface area contributed by atoms with Gasteiger partial charge in [0.15, 0.2) is 0 Å². The summed E-state index contributed by atoms with van der Waals surface area (Å²) in [6.45, 7) is 3.13. The first-order valence-electron chi connectivity index (χ1n) is 11.3. The third kappa shape index (κ3) is 5.14. The molecule has 1 aromatic heterocycles. The normalized spacial score (nSPS) is 22.6. The van der Waals surface area contributed by atoms with E-state index >= 15 is 0 Å². The number of nitriles is 1. The third-order valence-electron chi connectivity index (χ3n) is 6.27. The molecule has 1 saturated heterocycles. The molecular weight excluding hydrogens is 411 g/mol. The van der Waals surface area contributed by atoms with Gasteiger partial charge in [-0.3, -0.25) is 4.79 Å². The lowest BCUT2D eigenvalue weighted by atomic mass is 9.98. The van der Waals surface area contributed by atoms with Crippen LogP contribution in [0.4, 0.5) is 4.39 Å². The first kappa shape index (κ1) is 22.4. The summed E-state index contributed by atoms with van der Waals surface area (Å²) in [7, 11) is 0. The molecule has 0 spiro atoms. The second-order valence-electron chi connectivity index (χ2n) is 8.65. The van der Waals surface area contributed by atoms with E-state index in [0.717, 1.165) is 32.1 Å². The number of carbonyl (C=O) groups excluding carboxylic acids is 1. The van der Waals surface area contributed by atoms with Crippen molar-refractivity contribution in [3.8, 4) is 11.8 Å². The fourth-order valence-electron chi connectivity index (χ4n) is 4.52. The van der Waals surface area contributed by atoms with Crippen molar-refractivity contribution in [2.75, 3.05) is 6.61 Å². The molecule has 0 unspecified atom stereocenters. The number of ether oxygens (including phenoxy) is 1. The molecule has 4 atom stereocenters. The maximum Gasteiger partial charge on any atom is 0.238 e. The highest BCUT2D eigenvalue weighted by Crippen LogP contribution is 2.35. The van der Waals surface area contributed by atoms with Gasteiger partial charge < -0.3 is 15.4 Å². The van der Waals surface area contributed by atoms with E-state index in [1.165, 1.54) is 10.7 Å². The van der Waals surface area contributed by atoms with E-state index in [9.17, 15) is 14.4 Å². The number of carbonyl (C=O) groups is 1. The molecule has 2 aliphatic rings. The van der Waals surface area contributed by atoms with Gasteiger partial charge in [-0.1, -0.05) is 24.6 Å². The van der Waals surface area contributed by atoms with Crippen LogP contribution in [0.5, 0.6) is 0 Å². The van der Waals surface area contributed by atoms with Crippen LogP contribution in [0, 0.1) is 23.1 Å². The summed E-state index contributed by atoms with van der Waals surface area (Å²) >= 11 is 0. The van der Waals surface area contributed by atoms with Crippen molar-refractivity contribution in [3.05, 3.63) is 41.5 Å². The molecule has 1 amide bonds. The van der Waals surface area contributed by atoms with Crippen molar-refractivity contribution in [2.24, 2.45) is 5.92 Å². The Morgan fingerprint density at radius 1 is 1.47 bits per heavy atom. The van der Waals surface area contributed by atoms with Gasteiger partial charge in [0.05, 0.1) is 30.6 Å². The van der Waals surface area contributed by atoms with Gasteiger partial charge in [-0.15, -0.1) is 5.10 Å². The number of hydrogen-bond acceptors (Lipinski definition) is 6. The van der Waals surface area contributed by atoms with Crippen LogP contribution in [0.1, 0.15) is 50.3 Å². The molecule has 1 aliphatic heterocycles. The van der Waals surface area contributed by atoms with Gasteiger partial charge in [-0.25, -0.2) is 9.07 Å². The summed E-state index contributed by atoms with van der Waals surface area (Å²) in [5.41, 5.74) is 1.57. The Morgan fingerprint density at radius 2 is 2.34 bits per heavy atom. The van der Waals surface area contributed by atoms with Gasteiger partial charge >= 0.3 is 0 Å². The Hall–Kier alpha value is -2.83. The van der Waals surface area contributed by atoms with Crippen LogP contribution >= 0.6 is 0 Å². The van der Waals surface area contributed by atoms with Crippen LogP contribution in [0.25, 0.3) is 5.69 Å². The molecule has 2 bridgehead atoms. The van der Waals surface area contributed by atoms with E-state index in [2.05, 4.69) is 33.9 Å². The Balaban J connectivity index is 1.35. The van der Waals surface area contributed by atoms with Crippen molar-refractivity contribution >= 4 is 5.91 Å². The Morgan fingerprint density at radius 3 is 3.03 bits per heavy atom. The van der Waals surface area contributed by atoms with Gasteiger partial charge in [-0.05, 0) is 49.3 Å². The fraction of sp³-hybridized carbons (Fsp3) is 0.565. The lowest BCUT2D eigenvalue weighted by molar-refractivity contribution is -0.124. The van der Waals surface area contributed by atoms with Crippen molar-refractivity contribution in [3.63, 3.8) is 0 Å². The maximum atomic E-state index is 14.8. The predicted molar refractivity (Wildman–Crippen MR) is 115 cm³/mol. The second-order valence-corrected chi connectivity index (χ2v) is 8.65. The molecule has 2 fully saturated rings. The summed E-state index contributed by atoms with van der Waals surface area (Å²) in [6, 6.07) is 6.16. The van der Waals surface area contributed by atoms with Crippen molar-refractivity contribution in [1.82, 2.24) is 25.6 Å². The summed E-state index contributed by atoms with van der Waals surface area (Å²) in [5.74, 6) is -0.289. The fourth-order valence-corrected chi connectivity index (χ4v) is 4.52. The first-order valence-corrected chi connectivity index (χ1v) is 11.3. The first-order chi connectivity index (χ1) is 15.6. The number of unbranched alkanes of at least 4 members (excludes halogenated alkanes) is 1. The zero-order valence-corrected chi connectivity index (χ0v) is 18.3. The average Bonchev–Trinajstić information content (AvgIpc) is 3.55. The molecular formula is C23H29FN6O2. The molecule has 32 heavy (non-hydrogen) atoms. The van der Waals surface area contributed by atoms with E-state index in [1.54, 1.807) is 18.3 Å². The minimum absolute atomic E-state index is 0.100. The highest BCUT2D eigenvalue weighted by molar-refractivity contribution is 5.83. The highest BCUT2D eigenvalue weighted by atomic mass is 19.1. The molecule has 4 rings (SSSR count). The quantitative estimate of drug-likeness (QED) is 0.550. The lowest BCUT2D eigenvalue weighted by Crippen LogP contribution is -2.50. The number of aromatic nitrogens is 3. The van der Waals surface area contributed by atoms with Crippen LogP contribution in [0.15, 0.2) is 24.4 Å². The average molecular weight is 441 g/mol. The molecule has 2 aromatic rings. The maximum absolute atomic E-state index is 14.8. The standard InChI is InChI=1S/C23H29FN6O2/c1-2-3-8-32-14-19-13-30(29-28-19)20-7-5-15(21(24)11-20)9-18(12-25)27-23(31)22-16-4-6-17(10-16)26-22/h5,7,11,13,16-18,22,26H,2-4,6,8-10,14H2,1H3,(H,27,31)/t16-,17+,18-,22-/m0/s1. The number of nitrogens with zero attached hydrogens (tertiary/aromatic N) is 4. The van der Waals surface area contributed by atoms with E-state index < -0.39 is 11.9 Å².